The summed E-state index contributed by atoms with van der Waals surface area (Å²) in [5.41, 5.74) is 2.03. The maximum atomic E-state index is 10.3. The SMILES string of the molecule is COc1ccc2c(c1)C(O)CC(c1sccc1C)O2. The van der Waals surface area contributed by atoms with Crippen LogP contribution in [0, 0.1) is 6.92 Å². The summed E-state index contributed by atoms with van der Waals surface area (Å²) in [7, 11) is 1.62. The van der Waals surface area contributed by atoms with Gasteiger partial charge in [-0.05, 0) is 42.1 Å². The van der Waals surface area contributed by atoms with Crippen molar-refractivity contribution in [1.29, 1.82) is 0 Å². The lowest BCUT2D eigenvalue weighted by Gasteiger charge is -2.29. The van der Waals surface area contributed by atoms with E-state index in [1.54, 1.807) is 18.4 Å². The molecular formula is C15H16O3S. The summed E-state index contributed by atoms with van der Waals surface area (Å²) in [5.74, 6) is 1.49. The largest absolute Gasteiger partial charge is 0.497 e. The van der Waals surface area contributed by atoms with Gasteiger partial charge in [-0.1, -0.05) is 0 Å². The van der Waals surface area contributed by atoms with Crippen LogP contribution in [0.1, 0.15) is 34.6 Å². The van der Waals surface area contributed by atoms with Crippen LogP contribution < -0.4 is 9.47 Å². The number of rotatable bonds is 2. The molecule has 1 N–H and O–H groups in total. The maximum Gasteiger partial charge on any atom is 0.136 e. The van der Waals surface area contributed by atoms with Gasteiger partial charge in [-0.2, -0.15) is 0 Å². The van der Waals surface area contributed by atoms with Gasteiger partial charge >= 0.3 is 0 Å². The number of hydrogen-bond acceptors (Lipinski definition) is 4. The average Bonchev–Trinajstić information content (AvgIpc) is 2.84. The number of fused-ring (bicyclic) bond motifs is 1. The van der Waals surface area contributed by atoms with E-state index >= 15 is 0 Å². The minimum Gasteiger partial charge on any atom is -0.497 e. The normalized spacial score (nSPS) is 21.6. The summed E-state index contributed by atoms with van der Waals surface area (Å²) in [4.78, 5) is 1.19. The van der Waals surface area contributed by atoms with Crippen molar-refractivity contribution in [3.63, 3.8) is 0 Å². The molecule has 4 heteroatoms. The summed E-state index contributed by atoms with van der Waals surface area (Å²) in [5, 5.41) is 12.4. The first kappa shape index (κ1) is 12.5. The van der Waals surface area contributed by atoms with Crippen LogP contribution in [-0.4, -0.2) is 12.2 Å². The molecule has 2 atom stereocenters. The summed E-state index contributed by atoms with van der Waals surface area (Å²) in [6, 6.07) is 7.65. The fourth-order valence-corrected chi connectivity index (χ4v) is 3.40. The van der Waals surface area contributed by atoms with Gasteiger partial charge < -0.3 is 14.6 Å². The first-order chi connectivity index (χ1) is 9.19. The zero-order valence-corrected chi connectivity index (χ0v) is 11.7. The third kappa shape index (κ3) is 2.22. The van der Waals surface area contributed by atoms with Crippen molar-refractivity contribution in [2.45, 2.75) is 25.6 Å². The van der Waals surface area contributed by atoms with Crippen LogP contribution in [0.4, 0.5) is 0 Å². The molecule has 3 rings (SSSR count). The van der Waals surface area contributed by atoms with Crippen LogP contribution in [0.15, 0.2) is 29.6 Å². The number of hydrogen-bond donors (Lipinski definition) is 1. The molecule has 100 valence electrons. The lowest BCUT2D eigenvalue weighted by atomic mass is 9.97. The van der Waals surface area contributed by atoms with Crippen LogP contribution in [-0.2, 0) is 0 Å². The number of methoxy groups -OCH3 is 1. The van der Waals surface area contributed by atoms with E-state index in [2.05, 4.69) is 18.4 Å². The monoisotopic (exact) mass is 276 g/mol. The molecule has 2 aromatic rings. The van der Waals surface area contributed by atoms with Crippen molar-refractivity contribution in [2.75, 3.05) is 7.11 Å². The van der Waals surface area contributed by atoms with Crippen molar-refractivity contribution in [3.8, 4) is 11.5 Å². The quantitative estimate of drug-likeness (QED) is 0.910. The van der Waals surface area contributed by atoms with Crippen molar-refractivity contribution in [1.82, 2.24) is 0 Å². The van der Waals surface area contributed by atoms with Gasteiger partial charge in [0, 0.05) is 16.9 Å². The second-order valence-electron chi connectivity index (χ2n) is 4.73. The molecule has 0 bridgehead atoms. The van der Waals surface area contributed by atoms with E-state index in [0.717, 1.165) is 17.1 Å². The molecule has 1 aromatic heterocycles. The fraction of sp³-hybridized carbons (Fsp3) is 0.333. The smallest absolute Gasteiger partial charge is 0.136 e. The molecule has 0 saturated heterocycles. The third-order valence-electron chi connectivity index (χ3n) is 3.48. The Kier molecular flexibility index (Phi) is 3.21. The van der Waals surface area contributed by atoms with Crippen molar-refractivity contribution in [3.05, 3.63) is 45.6 Å². The standard InChI is InChI=1S/C15H16O3S/c1-9-5-6-19-15(9)14-8-12(16)11-7-10(17-2)3-4-13(11)18-14/h3-7,12,14,16H,8H2,1-2H3. The molecule has 0 radical (unpaired) electrons. The van der Waals surface area contributed by atoms with Crippen molar-refractivity contribution < 1.29 is 14.6 Å². The van der Waals surface area contributed by atoms with Gasteiger partial charge in [0.2, 0.25) is 0 Å². The molecule has 0 saturated carbocycles. The Morgan fingerprint density at radius 1 is 1.37 bits per heavy atom. The summed E-state index contributed by atoms with van der Waals surface area (Å²) >= 11 is 1.68. The van der Waals surface area contributed by atoms with E-state index in [1.807, 2.05) is 18.2 Å². The predicted octanol–water partition coefficient (Wildman–Crippen LogP) is 3.62. The van der Waals surface area contributed by atoms with Crippen LogP contribution in [0.25, 0.3) is 0 Å². The Bertz CT molecular complexity index is 591. The minimum atomic E-state index is -0.509. The molecule has 1 aliphatic rings. The molecule has 0 spiro atoms. The molecule has 0 amide bonds. The van der Waals surface area contributed by atoms with Crippen LogP contribution in [0.5, 0.6) is 11.5 Å². The highest BCUT2D eigenvalue weighted by atomic mass is 32.1. The van der Waals surface area contributed by atoms with E-state index in [0.29, 0.717) is 6.42 Å². The molecule has 19 heavy (non-hydrogen) atoms. The second kappa shape index (κ2) is 4.87. The maximum absolute atomic E-state index is 10.3. The van der Waals surface area contributed by atoms with E-state index < -0.39 is 6.10 Å². The number of ether oxygens (including phenoxy) is 2. The minimum absolute atomic E-state index is 0.0594. The number of aryl methyl sites for hydroxylation is 1. The molecule has 0 fully saturated rings. The van der Waals surface area contributed by atoms with Crippen molar-refractivity contribution in [2.24, 2.45) is 0 Å². The topological polar surface area (TPSA) is 38.7 Å². The van der Waals surface area contributed by atoms with Gasteiger partial charge in [-0.25, -0.2) is 0 Å². The van der Waals surface area contributed by atoms with Crippen LogP contribution >= 0.6 is 11.3 Å². The molecular weight excluding hydrogens is 260 g/mol. The Morgan fingerprint density at radius 2 is 2.21 bits per heavy atom. The van der Waals surface area contributed by atoms with E-state index in [9.17, 15) is 5.11 Å². The number of aliphatic hydroxyl groups excluding tert-OH is 1. The van der Waals surface area contributed by atoms with Crippen LogP contribution in [0.2, 0.25) is 0 Å². The zero-order valence-electron chi connectivity index (χ0n) is 10.9. The fourth-order valence-electron chi connectivity index (χ4n) is 2.43. The van der Waals surface area contributed by atoms with E-state index in [4.69, 9.17) is 9.47 Å². The first-order valence-electron chi connectivity index (χ1n) is 6.25. The number of aliphatic hydroxyl groups is 1. The summed E-state index contributed by atoms with van der Waals surface area (Å²) < 4.78 is 11.2. The molecule has 0 aliphatic carbocycles. The first-order valence-corrected chi connectivity index (χ1v) is 7.13. The Balaban J connectivity index is 1.94. The highest BCUT2D eigenvalue weighted by Crippen LogP contribution is 2.43. The van der Waals surface area contributed by atoms with Gasteiger partial charge in [0.25, 0.3) is 0 Å². The van der Waals surface area contributed by atoms with E-state index in [-0.39, 0.29) is 6.10 Å². The number of thiophene rings is 1. The Labute approximate surface area is 116 Å². The molecule has 3 nitrogen and oxygen atoms in total. The summed E-state index contributed by atoms with van der Waals surface area (Å²) in [6.07, 6.45) is 0.0166. The van der Waals surface area contributed by atoms with Gasteiger partial charge in [-0.15, -0.1) is 11.3 Å². The second-order valence-corrected chi connectivity index (χ2v) is 5.68. The highest BCUT2D eigenvalue weighted by Gasteiger charge is 2.29. The summed E-state index contributed by atoms with van der Waals surface area (Å²) in [6.45, 7) is 2.07. The van der Waals surface area contributed by atoms with Crippen molar-refractivity contribution >= 4 is 11.3 Å². The van der Waals surface area contributed by atoms with Gasteiger partial charge in [0.15, 0.2) is 0 Å². The van der Waals surface area contributed by atoms with E-state index in [1.165, 1.54) is 10.4 Å². The molecule has 1 aliphatic heterocycles. The van der Waals surface area contributed by atoms with Gasteiger partial charge in [0.05, 0.1) is 13.2 Å². The lowest BCUT2D eigenvalue weighted by Crippen LogP contribution is -2.18. The van der Waals surface area contributed by atoms with Gasteiger partial charge in [-0.3, -0.25) is 0 Å². The zero-order chi connectivity index (χ0) is 13.4. The molecule has 2 heterocycles. The highest BCUT2D eigenvalue weighted by molar-refractivity contribution is 7.10. The lowest BCUT2D eigenvalue weighted by molar-refractivity contribution is 0.0669. The van der Waals surface area contributed by atoms with Gasteiger partial charge in [0.1, 0.15) is 17.6 Å². The number of benzene rings is 1. The third-order valence-corrected chi connectivity index (χ3v) is 4.59. The average molecular weight is 276 g/mol. The molecule has 2 unspecified atom stereocenters. The Morgan fingerprint density at radius 3 is 2.89 bits per heavy atom. The molecule has 1 aromatic carbocycles. The Hall–Kier alpha value is -1.52. The predicted molar refractivity (Wildman–Crippen MR) is 75.0 cm³/mol. The van der Waals surface area contributed by atoms with Crippen LogP contribution in [0.3, 0.4) is 0 Å².